The zero-order valence-electron chi connectivity index (χ0n) is 22.2. The van der Waals surface area contributed by atoms with Gasteiger partial charge in [0.05, 0.1) is 29.9 Å². The van der Waals surface area contributed by atoms with E-state index in [1.54, 1.807) is 23.9 Å². The lowest BCUT2D eigenvalue weighted by atomic mass is 9.98. The van der Waals surface area contributed by atoms with E-state index >= 15 is 0 Å². The molecule has 8 nitrogen and oxygen atoms in total. The topological polar surface area (TPSA) is 106 Å². The third kappa shape index (κ3) is 5.20. The largest absolute Gasteiger partial charge is 0.489 e. The molecule has 1 N–H and O–H groups in total. The first-order valence-electron chi connectivity index (χ1n) is 12.7. The number of nitrogens with zero attached hydrogens (tertiary/aromatic N) is 5. The number of pyridine rings is 2. The van der Waals surface area contributed by atoms with Crippen molar-refractivity contribution in [1.82, 2.24) is 19.5 Å². The predicted octanol–water partition coefficient (Wildman–Crippen LogP) is 5.98. The van der Waals surface area contributed by atoms with Crippen LogP contribution in [0.15, 0.2) is 84.0 Å². The molecule has 1 atom stereocenters. The summed E-state index contributed by atoms with van der Waals surface area (Å²) >= 11 is 0. The number of nitriles is 1. The first kappa shape index (κ1) is 25.6. The Hall–Kier alpha value is -5.03. The van der Waals surface area contributed by atoms with Crippen LogP contribution >= 0.6 is 0 Å². The third-order valence-electron chi connectivity index (χ3n) is 6.31. The number of ether oxygens (including phenoxy) is 1. The molecule has 0 amide bonds. The zero-order valence-corrected chi connectivity index (χ0v) is 22.2. The van der Waals surface area contributed by atoms with E-state index in [-0.39, 0.29) is 17.7 Å². The number of para-hydroxylation sites is 1. The molecule has 0 spiro atoms. The molecule has 0 aliphatic carbocycles. The molecule has 3 heterocycles. The zero-order chi connectivity index (χ0) is 27.5. The van der Waals surface area contributed by atoms with Gasteiger partial charge in [-0.3, -0.25) is 14.3 Å². The first-order valence-corrected chi connectivity index (χ1v) is 12.7. The molecule has 0 bridgehead atoms. The highest BCUT2D eigenvalue weighted by Crippen LogP contribution is 2.31. The summed E-state index contributed by atoms with van der Waals surface area (Å²) in [5.41, 5.74) is 3.20. The van der Waals surface area contributed by atoms with Crippen molar-refractivity contribution in [3.8, 4) is 28.6 Å². The number of anilines is 1. The molecular weight excluding hydrogens is 488 g/mol. The van der Waals surface area contributed by atoms with Gasteiger partial charge in [0.15, 0.2) is 0 Å². The van der Waals surface area contributed by atoms with Crippen LogP contribution in [0.4, 0.5) is 5.82 Å². The Morgan fingerprint density at radius 2 is 1.79 bits per heavy atom. The number of rotatable bonds is 7. The van der Waals surface area contributed by atoms with Crippen molar-refractivity contribution in [2.45, 2.75) is 39.8 Å². The monoisotopic (exact) mass is 516 g/mol. The third-order valence-corrected chi connectivity index (χ3v) is 6.31. The van der Waals surface area contributed by atoms with Gasteiger partial charge >= 0.3 is 0 Å². The summed E-state index contributed by atoms with van der Waals surface area (Å²) in [7, 11) is 0. The van der Waals surface area contributed by atoms with Crippen molar-refractivity contribution in [1.29, 1.82) is 5.26 Å². The number of aryl methyl sites for hydroxylation is 1. The van der Waals surface area contributed by atoms with Crippen LogP contribution in [0.5, 0.6) is 5.75 Å². The standard InChI is InChI=1S/C31H28N6O2/c1-19(2)39-26-13-23(16-33-18-26)27-12-8-9-22-14-28(20(3)35-30-24(15-32)17-34-21(4)36-30)37(31(38)29(22)27)25-10-6-5-7-11-25/h5-14,16-20H,1-4H3,(H,34,35,36)/t20-/m0/s1. The highest BCUT2D eigenvalue weighted by molar-refractivity contribution is 5.96. The number of fused-ring (bicyclic) bond motifs is 1. The highest BCUT2D eigenvalue weighted by atomic mass is 16.5. The summed E-state index contributed by atoms with van der Waals surface area (Å²) in [5.74, 6) is 1.61. The maximum atomic E-state index is 14.3. The van der Waals surface area contributed by atoms with Gasteiger partial charge in [-0.05, 0) is 62.9 Å². The second-order valence-electron chi connectivity index (χ2n) is 9.55. The predicted molar refractivity (Wildman–Crippen MR) is 152 cm³/mol. The number of aromatic nitrogens is 4. The average molecular weight is 517 g/mol. The van der Waals surface area contributed by atoms with Gasteiger partial charge in [0, 0.05) is 23.1 Å². The summed E-state index contributed by atoms with van der Waals surface area (Å²) in [5, 5.41) is 14.3. The number of hydrogen-bond donors (Lipinski definition) is 1. The molecule has 0 saturated heterocycles. The fraction of sp³-hybridized carbons (Fsp3) is 0.194. The minimum absolute atomic E-state index is 0.00152. The van der Waals surface area contributed by atoms with Gasteiger partial charge in [-0.15, -0.1) is 0 Å². The molecule has 0 saturated carbocycles. The van der Waals surface area contributed by atoms with E-state index in [0.717, 1.165) is 27.9 Å². The number of hydrogen-bond acceptors (Lipinski definition) is 7. The van der Waals surface area contributed by atoms with Crippen molar-refractivity contribution >= 4 is 16.6 Å². The van der Waals surface area contributed by atoms with Crippen LogP contribution < -0.4 is 15.6 Å². The van der Waals surface area contributed by atoms with E-state index in [1.165, 1.54) is 6.20 Å². The van der Waals surface area contributed by atoms with Crippen LogP contribution in [0.1, 0.15) is 43.9 Å². The van der Waals surface area contributed by atoms with Crippen molar-refractivity contribution in [3.05, 3.63) is 107 Å². The first-order chi connectivity index (χ1) is 18.9. The highest BCUT2D eigenvalue weighted by Gasteiger charge is 2.20. The van der Waals surface area contributed by atoms with E-state index in [4.69, 9.17) is 4.74 Å². The van der Waals surface area contributed by atoms with Gasteiger partial charge in [-0.1, -0.05) is 36.4 Å². The molecule has 0 unspecified atom stereocenters. The van der Waals surface area contributed by atoms with Crippen LogP contribution in [0, 0.1) is 18.3 Å². The van der Waals surface area contributed by atoms with Gasteiger partial charge in [-0.2, -0.15) is 5.26 Å². The lowest BCUT2D eigenvalue weighted by Gasteiger charge is -2.22. The molecule has 0 aliphatic rings. The van der Waals surface area contributed by atoms with E-state index in [2.05, 4.69) is 26.3 Å². The van der Waals surface area contributed by atoms with Crippen LogP contribution in [0.25, 0.3) is 27.6 Å². The van der Waals surface area contributed by atoms with Crippen LogP contribution in [0.3, 0.4) is 0 Å². The maximum absolute atomic E-state index is 14.3. The number of nitrogens with one attached hydrogen (secondary N) is 1. The molecule has 0 aliphatic heterocycles. The van der Waals surface area contributed by atoms with Crippen LogP contribution in [-0.4, -0.2) is 25.6 Å². The van der Waals surface area contributed by atoms with Gasteiger partial charge < -0.3 is 10.1 Å². The Bertz CT molecular complexity index is 1760. The quantitative estimate of drug-likeness (QED) is 0.283. The molecule has 194 valence electrons. The minimum Gasteiger partial charge on any atom is -0.489 e. The molecule has 3 aromatic heterocycles. The van der Waals surface area contributed by atoms with E-state index < -0.39 is 0 Å². The summed E-state index contributed by atoms with van der Waals surface area (Å²) in [6.45, 7) is 7.63. The Labute approximate surface area is 226 Å². The fourth-order valence-electron chi connectivity index (χ4n) is 4.63. The summed E-state index contributed by atoms with van der Waals surface area (Å²) in [6, 6.07) is 21.0. The van der Waals surface area contributed by atoms with Crippen LogP contribution in [-0.2, 0) is 0 Å². The lowest BCUT2D eigenvalue weighted by Crippen LogP contribution is -2.26. The molecule has 0 fully saturated rings. The lowest BCUT2D eigenvalue weighted by molar-refractivity contribution is 0.241. The smallest absolute Gasteiger partial charge is 0.263 e. The maximum Gasteiger partial charge on any atom is 0.263 e. The molecule has 2 aromatic carbocycles. The van der Waals surface area contributed by atoms with Gasteiger partial charge in [0.2, 0.25) is 0 Å². The second kappa shape index (κ2) is 10.8. The van der Waals surface area contributed by atoms with Gasteiger partial charge in [0.1, 0.15) is 29.0 Å². The summed E-state index contributed by atoms with van der Waals surface area (Å²) in [6.07, 6.45) is 4.92. The average Bonchev–Trinajstić information content (AvgIpc) is 2.93. The van der Waals surface area contributed by atoms with Crippen LogP contribution in [0.2, 0.25) is 0 Å². The molecule has 5 aromatic rings. The number of benzene rings is 2. The molecule has 39 heavy (non-hydrogen) atoms. The van der Waals surface area contributed by atoms with Crippen molar-refractivity contribution in [3.63, 3.8) is 0 Å². The van der Waals surface area contributed by atoms with Gasteiger partial charge in [0.25, 0.3) is 5.56 Å². The van der Waals surface area contributed by atoms with E-state index in [0.29, 0.717) is 28.3 Å². The molecular formula is C31H28N6O2. The fourth-order valence-corrected chi connectivity index (χ4v) is 4.63. The van der Waals surface area contributed by atoms with Gasteiger partial charge in [-0.25, -0.2) is 9.97 Å². The van der Waals surface area contributed by atoms with E-state index in [1.807, 2.05) is 81.4 Å². The SMILES string of the molecule is Cc1ncc(C#N)c(N[C@@H](C)c2cc3cccc(-c4cncc(OC(C)C)c4)c3c(=O)n2-c2ccccc2)n1. The second-order valence-corrected chi connectivity index (χ2v) is 9.55. The Balaban J connectivity index is 1.72. The van der Waals surface area contributed by atoms with Crippen molar-refractivity contribution in [2.75, 3.05) is 5.32 Å². The Kier molecular flexibility index (Phi) is 7.06. The van der Waals surface area contributed by atoms with E-state index in [9.17, 15) is 10.1 Å². The Morgan fingerprint density at radius 1 is 1.00 bits per heavy atom. The molecule has 5 rings (SSSR count). The van der Waals surface area contributed by atoms with Crippen molar-refractivity contribution < 1.29 is 4.74 Å². The normalized spacial score (nSPS) is 11.8. The summed E-state index contributed by atoms with van der Waals surface area (Å²) < 4.78 is 7.57. The minimum atomic E-state index is -0.364. The Morgan fingerprint density at radius 3 is 2.54 bits per heavy atom. The molecule has 8 heteroatoms. The summed E-state index contributed by atoms with van der Waals surface area (Å²) in [4.78, 5) is 27.3. The molecule has 0 radical (unpaired) electrons. The van der Waals surface area contributed by atoms with Crippen molar-refractivity contribution in [2.24, 2.45) is 0 Å².